The first-order valence-corrected chi connectivity index (χ1v) is 24.5. The summed E-state index contributed by atoms with van der Waals surface area (Å²) in [6.45, 7) is 3.27. The summed E-state index contributed by atoms with van der Waals surface area (Å²) in [5.41, 5.74) is 0. The molecule has 0 bridgehead atoms. The number of hydrogen-bond acceptors (Lipinski definition) is 7. The Kier molecular flexibility index (Phi) is 43.2. The molecule has 10 heteroatoms. The average molecular weight is 868 g/mol. The molecule has 0 rings (SSSR count). The predicted molar refractivity (Wildman–Crippen MR) is 256 cm³/mol. The molecule has 3 N–H and O–H groups in total. The van der Waals surface area contributed by atoms with Gasteiger partial charge in [-0.15, -0.1) is 0 Å². The van der Waals surface area contributed by atoms with E-state index in [4.69, 9.17) is 13.8 Å². The number of aliphatic hydroxyl groups is 1. The lowest BCUT2D eigenvalue weighted by Gasteiger charge is -2.15. The minimum absolute atomic E-state index is 0.0298. The third-order valence-corrected chi connectivity index (χ3v) is 9.87. The van der Waals surface area contributed by atoms with Crippen molar-refractivity contribution in [2.24, 2.45) is 0 Å². The van der Waals surface area contributed by atoms with Gasteiger partial charge in [0.2, 0.25) is 5.91 Å². The van der Waals surface area contributed by atoms with Crippen LogP contribution < -0.4 is 5.32 Å². The second kappa shape index (κ2) is 45.9. The molecule has 0 saturated carbocycles. The Morgan fingerprint density at radius 1 is 0.525 bits per heavy atom. The summed E-state index contributed by atoms with van der Waals surface area (Å²) in [4.78, 5) is 33.9. The summed E-state index contributed by atoms with van der Waals surface area (Å²) >= 11 is 0. The maximum atomic E-state index is 12.1. The van der Waals surface area contributed by atoms with Gasteiger partial charge in [0.1, 0.15) is 12.7 Å². The van der Waals surface area contributed by atoms with Crippen LogP contribution in [0, 0.1) is 0 Å². The molecule has 0 aliphatic rings. The highest BCUT2D eigenvalue weighted by Gasteiger charge is 2.23. The maximum Gasteiger partial charge on any atom is 0.472 e. The third-order valence-electron chi connectivity index (χ3n) is 8.89. The van der Waals surface area contributed by atoms with E-state index in [9.17, 15) is 24.2 Å². The Hall–Kier alpha value is -3.59. The van der Waals surface area contributed by atoms with E-state index in [1.807, 2.05) is 12.2 Å². The van der Waals surface area contributed by atoms with Crippen LogP contribution in [0.4, 0.5) is 0 Å². The monoisotopic (exact) mass is 868 g/mol. The molecular weight excluding hydrogens is 786 g/mol. The molecule has 0 heterocycles. The van der Waals surface area contributed by atoms with Gasteiger partial charge in [0.05, 0.1) is 13.2 Å². The van der Waals surface area contributed by atoms with Crippen LogP contribution in [0.5, 0.6) is 0 Å². The molecular formula is C51H82NO8P. The smallest absolute Gasteiger partial charge is 0.463 e. The minimum Gasteiger partial charge on any atom is -0.463 e. The van der Waals surface area contributed by atoms with E-state index in [0.717, 1.165) is 89.9 Å². The summed E-state index contributed by atoms with van der Waals surface area (Å²) in [6.07, 6.45) is 62.8. The number of carbonyl (C=O) groups is 2. The van der Waals surface area contributed by atoms with Gasteiger partial charge < -0.3 is 20.1 Å². The Morgan fingerprint density at radius 3 is 1.44 bits per heavy atom. The topological polar surface area (TPSA) is 131 Å². The highest BCUT2D eigenvalue weighted by atomic mass is 31.2. The fraction of sp³-hybridized carbons (Fsp3) is 0.569. The molecule has 2 unspecified atom stereocenters. The lowest BCUT2D eigenvalue weighted by atomic mass is 10.1. The van der Waals surface area contributed by atoms with Crippen molar-refractivity contribution in [3.8, 4) is 0 Å². The Bertz CT molecular complexity index is 1400. The van der Waals surface area contributed by atoms with Gasteiger partial charge in [-0.25, -0.2) is 4.57 Å². The van der Waals surface area contributed by atoms with Crippen LogP contribution in [0.25, 0.3) is 0 Å². The second-order valence-electron chi connectivity index (χ2n) is 14.6. The van der Waals surface area contributed by atoms with Gasteiger partial charge in [0, 0.05) is 19.4 Å². The highest BCUT2D eigenvalue weighted by molar-refractivity contribution is 7.47. The lowest BCUT2D eigenvalue weighted by molar-refractivity contribution is -0.147. The third kappa shape index (κ3) is 47.3. The molecule has 0 aromatic carbocycles. The molecule has 0 aliphatic carbocycles. The van der Waals surface area contributed by atoms with Gasteiger partial charge in [0.15, 0.2) is 0 Å². The van der Waals surface area contributed by atoms with Crippen molar-refractivity contribution in [3.05, 3.63) is 122 Å². The van der Waals surface area contributed by atoms with E-state index in [2.05, 4.69) is 129 Å². The fourth-order valence-electron chi connectivity index (χ4n) is 5.44. The summed E-state index contributed by atoms with van der Waals surface area (Å²) in [5, 5.41) is 12.7. The molecule has 0 aromatic rings. The van der Waals surface area contributed by atoms with Gasteiger partial charge in [-0.2, -0.15) is 0 Å². The van der Waals surface area contributed by atoms with Crippen molar-refractivity contribution < 1.29 is 37.9 Å². The van der Waals surface area contributed by atoms with Gasteiger partial charge in [-0.1, -0.05) is 167 Å². The summed E-state index contributed by atoms with van der Waals surface area (Å²) in [7, 11) is -4.45. The molecule has 344 valence electrons. The van der Waals surface area contributed by atoms with E-state index in [-0.39, 0.29) is 38.5 Å². The molecule has 0 radical (unpaired) electrons. The van der Waals surface area contributed by atoms with Crippen LogP contribution >= 0.6 is 7.82 Å². The molecule has 0 aliphatic heterocycles. The van der Waals surface area contributed by atoms with Crippen LogP contribution in [0.3, 0.4) is 0 Å². The van der Waals surface area contributed by atoms with Crippen molar-refractivity contribution in [2.45, 2.75) is 161 Å². The van der Waals surface area contributed by atoms with Gasteiger partial charge in [-0.05, 0) is 96.3 Å². The van der Waals surface area contributed by atoms with Crippen molar-refractivity contribution in [2.75, 3.05) is 26.4 Å². The zero-order valence-corrected chi connectivity index (χ0v) is 38.7. The van der Waals surface area contributed by atoms with Crippen LogP contribution in [-0.2, 0) is 27.9 Å². The van der Waals surface area contributed by atoms with E-state index in [1.54, 1.807) is 0 Å². The number of phosphoric ester groups is 1. The van der Waals surface area contributed by atoms with Gasteiger partial charge in [0.25, 0.3) is 0 Å². The Labute approximate surface area is 370 Å². The summed E-state index contributed by atoms with van der Waals surface area (Å²) in [6, 6.07) is 0. The number of aliphatic hydroxyl groups excluding tert-OH is 1. The molecule has 9 nitrogen and oxygen atoms in total. The van der Waals surface area contributed by atoms with Crippen LogP contribution in [0.15, 0.2) is 122 Å². The number of hydrogen-bond donors (Lipinski definition) is 3. The standard InChI is InChI=1S/C51H82NO8P/c1-3-5-7-9-11-13-15-17-19-21-23-24-26-28-30-32-34-36-38-40-42-44-51(55)58-47-49(53)48-60-61(56,57)59-46-45-52-50(54)43-41-39-37-35-33-31-29-27-25-22-20-18-16-14-12-10-8-6-4-2/h6,8,11-14,17-20,23-25,27-28,30-31,33,37,39,49,53H,3-5,7,9-10,15-16,21-22,26,29,32,34-36,38,40-48H2,1-2H3,(H,52,54)(H,56,57)/b8-6-,13-11-,14-12-,19-17-,20-18-,24-23-,27-25-,30-28-,33-31-,39-37-. The number of esters is 1. The first-order valence-electron chi connectivity index (χ1n) is 23.0. The van der Waals surface area contributed by atoms with Crippen molar-refractivity contribution in [1.29, 1.82) is 0 Å². The fourth-order valence-corrected chi connectivity index (χ4v) is 6.20. The lowest BCUT2D eigenvalue weighted by Crippen LogP contribution is -2.27. The van der Waals surface area contributed by atoms with Crippen LogP contribution in [-0.4, -0.2) is 54.3 Å². The number of phosphoric acid groups is 1. The summed E-state index contributed by atoms with van der Waals surface area (Å²) < 4.78 is 26.9. The molecule has 2 atom stereocenters. The van der Waals surface area contributed by atoms with E-state index in [1.165, 1.54) is 25.7 Å². The first-order chi connectivity index (χ1) is 29.8. The second-order valence-corrected chi connectivity index (χ2v) is 16.1. The molecule has 61 heavy (non-hydrogen) atoms. The number of nitrogens with one attached hydrogen (secondary N) is 1. The summed E-state index contributed by atoms with van der Waals surface area (Å²) in [5.74, 6) is -0.632. The molecule has 0 spiro atoms. The zero-order chi connectivity index (χ0) is 44.6. The predicted octanol–water partition coefficient (Wildman–Crippen LogP) is 13.3. The van der Waals surface area contributed by atoms with E-state index < -0.39 is 26.5 Å². The molecule has 0 saturated heterocycles. The van der Waals surface area contributed by atoms with Crippen LogP contribution in [0.2, 0.25) is 0 Å². The van der Waals surface area contributed by atoms with Crippen LogP contribution in [0.1, 0.15) is 155 Å². The number of unbranched alkanes of at least 4 members (excludes halogenated alkanes) is 8. The zero-order valence-electron chi connectivity index (χ0n) is 37.8. The Balaban J connectivity index is 3.76. The van der Waals surface area contributed by atoms with Crippen molar-refractivity contribution in [1.82, 2.24) is 5.32 Å². The van der Waals surface area contributed by atoms with Crippen molar-refractivity contribution >= 4 is 19.7 Å². The quantitative estimate of drug-likeness (QED) is 0.0240. The van der Waals surface area contributed by atoms with E-state index >= 15 is 0 Å². The number of ether oxygens (including phenoxy) is 1. The minimum atomic E-state index is -4.45. The molecule has 1 amide bonds. The average Bonchev–Trinajstić information content (AvgIpc) is 3.25. The molecule has 0 aromatic heterocycles. The number of amides is 1. The highest BCUT2D eigenvalue weighted by Crippen LogP contribution is 2.42. The number of allylic oxidation sites excluding steroid dienone is 20. The normalized spacial score (nSPS) is 14.4. The Morgan fingerprint density at radius 2 is 0.951 bits per heavy atom. The van der Waals surface area contributed by atoms with E-state index in [0.29, 0.717) is 12.8 Å². The van der Waals surface area contributed by atoms with Gasteiger partial charge >= 0.3 is 13.8 Å². The van der Waals surface area contributed by atoms with Crippen molar-refractivity contribution in [3.63, 3.8) is 0 Å². The maximum absolute atomic E-state index is 12.1. The number of rotatable bonds is 41. The first kappa shape index (κ1) is 57.4. The van der Waals surface area contributed by atoms with Gasteiger partial charge in [-0.3, -0.25) is 18.6 Å². The largest absolute Gasteiger partial charge is 0.472 e. The molecule has 0 fully saturated rings. The SMILES string of the molecule is CC/C=C\C/C=C\C/C=C\C/C=C\C/C=C\C/C=C\CCC(=O)NCCOP(=O)(O)OCC(O)COC(=O)CCCCCCC/C=C\C/C=C\C/C=C\C/C=C\CCCCC. The number of carbonyl (C=O) groups excluding carboxylic acids is 2.